The lowest BCUT2D eigenvalue weighted by atomic mass is 10.1. The quantitative estimate of drug-likeness (QED) is 0.941. The highest BCUT2D eigenvalue weighted by atomic mass is 35.5. The van der Waals surface area contributed by atoms with Gasteiger partial charge in [-0.1, -0.05) is 23.7 Å². The number of pyridine rings is 1. The van der Waals surface area contributed by atoms with E-state index in [1.54, 1.807) is 30.5 Å². The standard InChI is InChI=1S/C17H17ClN2O2/c18-15-7-2-8-19-16(15)12-4-1-5-13(10-12)17(21)20-11-14-6-3-9-22-14/h1-2,4-5,7-8,10,14H,3,6,9,11H2,(H,20,21). The van der Waals surface area contributed by atoms with Gasteiger partial charge in [0, 0.05) is 30.5 Å². The van der Waals surface area contributed by atoms with Crippen molar-refractivity contribution >= 4 is 17.5 Å². The van der Waals surface area contributed by atoms with Crippen LogP contribution in [-0.4, -0.2) is 30.1 Å². The first kappa shape index (κ1) is 15.0. The zero-order chi connectivity index (χ0) is 15.4. The minimum Gasteiger partial charge on any atom is -0.376 e. The van der Waals surface area contributed by atoms with Crippen molar-refractivity contribution in [1.29, 1.82) is 0 Å². The Morgan fingerprint density at radius 2 is 2.27 bits per heavy atom. The molecule has 1 aromatic carbocycles. The van der Waals surface area contributed by atoms with E-state index in [0.717, 1.165) is 25.0 Å². The molecule has 1 unspecified atom stereocenters. The monoisotopic (exact) mass is 316 g/mol. The van der Waals surface area contributed by atoms with Gasteiger partial charge in [-0.3, -0.25) is 9.78 Å². The van der Waals surface area contributed by atoms with E-state index in [0.29, 0.717) is 22.8 Å². The Morgan fingerprint density at radius 3 is 3.05 bits per heavy atom. The van der Waals surface area contributed by atoms with E-state index in [1.807, 2.05) is 12.1 Å². The molecular weight excluding hydrogens is 300 g/mol. The molecule has 1 N–H and O–H groups in total. The van der Waals surface area contributed by atoms with E-state index in [2.05, 4.69) is 10.3 Å². The van der Waals surface area contributed by atoms with E-state index in [9.17, 15) is 4.79 Å². The molecule has 22 heavy (non-hydrogen) atoms. The molecule has 0 saturated carbocycles. The summed E-state index contributed by atoms with van der Waals surface area (Å²) in [6.07, 6.45) is 3.89. The molecule has 1 aliphatic rings. The fourth-order valence-corrected chi connectivity index (χ4v) is 2.75. The average Bonchev–Trinajstić information content (AvgIpc) is 3.06. The van der Waals surface area contributed by atoms with Crippen molar-refractivity contribution < 1.29 is 9.53 Å². The summed E-state index contributed by atoms with van der Waals surface area (Å²) in [7, 11) is 0. The summed E-state index contributed by atoms with van der Waals surface area (Å²) in [6, 6.07) is 10.9. The second-order valence-corrected chi connectivity index (χ2v) is 5.67. The van der Waals surface area contributed by atoms with Gasteiger partial charge in [0.05, 0.1) is 16.8 Å². The first-order chi connectivity index (χ1) is 10.7. The van der Waals surface area contributed by atoms with E-state index >= 15 is 0 Å². The molecule has 114 valence electrons. The zero-order valence-electron chi connectivity index (χ0n) is 12.1. The van der Waals surface area contributed by atoms with Crippen molar-refractivity contribution in [1.82, 2.24) is 10.3 Å². The van der Waals surface area contributed by atoms with E-state index < -0.39 is 0 Å². The summed E-state index contributed by atoms with van der Waals surface area (Å²) in [5.41, 5.74) is 2.10. The molecular formula is C17H17ClN2O2. The molecule has 0 spiro atoms. The van der Waals surface area contributed by atoms with Crippen molar-refractivity contribution in [3.05, 3.63) is 53.2 Å². The van der Waals surface area contributed by atoms with Crippen molar-refractivity contribution in [2.75, 3.05) is 13.2 Å². The van der Waals surface area contributed by atoms with Crippen LogP contribution in [0.25, 0.3) is 11.3 Å². The molecule has 3 rings (SSSR count). The Morgan fingerprint density at radius 1 is 1.36 bits per heavy atom. The Hall–Kier alpha value is -1.91. The largest absolute Gasteiger partial charge is 0.376 e. The number of rotatable bonds is 4. The minimum absolute atomic E-state index is 0.107. The van der Waals surface area contributed by atoms with Gasteiger partial charge in [0.1, 0.15) is 0 Å². The van der Waals surface area contributed by atoms with Crippen molar-refractivity contribution in [3.8, 4) is 11.3 Å². The number of benzene rings is 1. The minimum atomic E-state index is -0.107. The van der Waals surface area contributed by atoms with E-state index in [4.69, 9.17) is 16.3 Å². The SMILES string of the molecule is O=C(NCC1CCCO1)c1cccc(-c2ncccc2Cl)c1. The lowest BCUT2D eigenvalue weighted by Crippen LogP contribution is -2.31. The molecule has 1 aromatic heterocycles. The molecule has 1 saturated heterocycles. The number of carbonyl (C=O) groups excluding carboxylic acids is 1. The van der Waals surface area contributed by atoms with Crippen LogP contribution >= 0.6 is 11.6 Å². The van der Waals surface area contributed by atoms with Gasteiger partial charge in [0.2, 0.25) is 0 Å². The topological polar surface area (TPSA) is 51.2 Å². The number of aromatic nitrogens is 1. The summed E-state index contributed by atoms with van der Waals surface area (Å²) in [6.45, 7) is 1.33. The van der Waals surface area contributed by atoms with Crippen molar-refractivity contribution in [2.45, 2.75) is 18.9 Å². The number of carbonyl (C=O) groups is 1. The smallest absolute Gasteiger partial charge is 0.251 e. The van der Waals surface area contributed by atoms with Crippen LogP contribution in [-0.2, 0) is 4.74 Å². The summed E-state index contributed by atoms with van der Waals surface area (Å²) in [5.74, 6) is -0.107. The molecule has 0 aliphatic carbocycles. The van der Waals surface area contributed by atoms with Crippen LogP contribution in [0.4, 0.5) is 0 Å². The van der Waals surface area contributed by atoms with Crippen LogP contribution in [0.5, 0.6) is 0 Å². The average molecular weight is 317 g/mol. The zero-order valence-corrected chi connectivity index (χ0v) is 12.8. The maximum atomic E-state index is 12.2. The number of nitrogens with zero attached hydrogens (tertiary/aromatic N) is 1. The van der Waals surface area contributed by atoms with Gasteiger partial charge in [-0.15, -0.1) is 0 Å². The molecule has 1 fully saturated rings. The van der Waals surface area contributed by atoms with Gasteiger partial charge in [-0.05, 0) is 37.1 Å². The van der Waals surface area contributed by atoms with E-state index in [1.165, 1.54) is 0 Å². The van der Waals surface area contributed by atoms with E-state index in [-0.39, 0.29) is 12.0 Å². The number of ether oxygens (including phenoxy) is 1. The Kier molecular flexibility index (Phi) is 4.71. The number of nitrogens with one attached hydrogen (secondary N) is 1. The number of amides is 1. The fourth-order valence-electron chi connectivity index (χ4n) is 2.52. The number of hydrogen-bond donors (Lipinski definition) is 1. The molecule has 4 nitrogen and oxygen atoms in total. The third-order valence-electron chi connectivity index (χ3n) is 3.67. The molecule has 0 radical (unpaired) electrons. The van der Waals surface area contributed by atoms with Crippen molar-refractivity contribution in [3.63, 3.8) is 0 Å². The Bertz CT molecular complexity index is 669. The predicted octanol–water partition coefficient (Wildman–Crippen LogP) is 3.31. The lowest BCUT2D eigenvalue weighted by molar-refractivity contribution is 0.0858. The maximum Gasteiger partial charge on any atom is 0.251 e. The third-order valence-corrected chi connectivity index (χ3v) is 3.98. The number of hydrogen-bond acceptors (Lipinski definition) is 3. The normalized spacial score (nSPS) is 17.4. The van der Waals surface area contributed by atoms with Gasteiger partial charge in [-0.2, -0.15) is 0 Å². The summed E-state index contributed by atoms with van der Waals surface area (Å²) < 4.78 is 5.51. The highest BCUT2D eigenvalue weighted by Crippen LogP contribution is 2.25. The van der Waals surface area contributed by atoms with Crippen LogP contribution in [0.2, 0.25) is 5.02 Å². The molecule has 0 bridgehead atoms. The predicted molar refractivity (Wildman–Crippen MR) is 86.0 cm³/mol. The summed E-state index contributed by atoms with van der Waals surface area (Å²) >= 11 is 6.16. The van der Waals surface area contributed by atoms with Gasteiger partial charge in [0.25, 0.3) is 5.91 Å². The van der Waals surface area contributed by atoms with Crippen LogP contribution in [0.3, 0.4) is 0 Å². The molecule has 1 aliphatic heterocycles. The fraction of sp³-hybridized carbons (Fsp3) is 0.294. The van der Waals surface area contributed by atoms with Gasteiger partial charge in [-0.25, -0.2) is 0 Å². The molecule has 1 atom stereocenters. The van der Waals surface area contributed by atoms with Gasteiger partial charge in [0.15, 0.2) is 0 Å². The second kappa shape index (κ2) is 6.90. The molecule has 2 aromatic rings. The van der Waals surface area contributed by atoms with Crippen molar-refractivity contribution in [2.24, 2.45) is 0 Å². The molecule has 2 heterocycles. The first-order valence-electron chi connectivity index (χ1n) is 7.35. The van der Waals surface area contributed by atoms with Crippen LogP contribution in [0.1, 0.15) is 23.2 Å². The van der Waals surface area contributed by atoms with Crippen LogP contribution in [0.15, 0.2) is 42.6 Å². The highest BCUT2D eigenvalue weighted by Gasteiger charge is 2.17. The Balaban J connectivity index is 1.73. The van der Waals surface area contributed by atoms with Crippen LogP contribution in [0, 0.1) is 0 Å². The number of halogens is 1. The molecule has 1 amide bonds. The summed E-state index contributed by atoms with van der Waals surface area (Å²) in [4.78, 5) is 16.5. The Labute approximate surface area is 134 Å². The highest BCUT2D eigenvalue weighted by molar-refractivity contribution is 6.33. The molecule has 5 heteroatoms. The first-order valence-corrected chi connectivity index (χ1v) is 7.72. The maximum absolute atomic E-state index is 12.2. The van der Waals surface area contributed by atoms with Gasteiger partial charge >= 0.3 is 0 Å². The second-order valence-electron chi connectivity index (χ2n) is 5.26. The van der Waals surface area contributed by atoms with Crippen LogP contribution < -0.4 is 5.32 Å². The third kappa shape index (κ3) is 3.46. The summed E-state index contributed by atoms with van der Waals surface area (Å²) in [5, 5.41) is 3.49. The van der Waals surface area contributed by atoms with Gasteiger partial charge < -0.3 is 10.1 Å². The lowest BCUT2D eigenvalue weighted by Gasteiger charge is -2.11.